The molecule has 6 heteroatoms. The quantitative estimate of drug-likeness (QED) is 0.366. The molecule has 0 radical (unpaired) electrons. The summed E-state index contributed by atoms with van der Waals surface area (Å²) in [4.78, 5) is 12.5. The van der Waals surface area contributed by atoms with Crippen LogP contribution in [0.15, 0.2) is 126 Å². The Morgan fingerprint density at radius 1 is 0.500 bits per heavy atom. The number of benzene rings is 4. The molecule has 4 aromatic carbocycles. The monoisotopic (exact) mass is 549 g/mol. The van der Waals surface area contributed by atoms with Crippen LogP contribution in [0.25, 0.3) is 0 Å². The second kappa shape index (κ2) is 11.6. The van der Waals surface area contributed by atoms with E-state index in [1.807, 2.05) is 0 Å². The third-order valence-corrected chi connectivity index (χ3v) is 8.29. The van der Waals surface area contributed by atoms with Crippen LogP contribution in [0.3, 0.4) is 0 Å². The molecule has 0 aromatic heterocycles. The van der Waals surface area contributed by atoms with E-state index in [0.29, 0.717) is 0 Å². The molecule has 2 heterocycles. The van der Waals surface area contributed by atoms with E-state index in [9.17, 15) is 0 Å². The molecule has 4 atom stereocenters. The highest BCUT2D eigenvalue weighted by molar-refractivity contribution is 5.95. The van der Waals surface area contributed by atoms with Crippen LogP contribution in [0.2, 0.25) is 0 Å². The Balaban J connectivity index is 0.00000323. The van der Waals surface area contributed by atoms with Crippen molar-refractivity contribution in [3.8, 4) is 0 Å². The van der Waals surface area contributed by atoms with Gasteiger partial charge in [0.15, 0.2) is 0 Å². The SMILES string of the molecule is CN1C(=NC2=[N+](C)[C@@H](c3ccccc3)C(c3ccccc3)N2C)N(C)[C@@H](c2ccccc2)C1c1ccccc1.[Cl-]. The van der Waals surface area contributed by atoms with E-state index in [0.717, 1.165) is 11.9 Å². The van der Waals surface area contributed by atoms with Crippen molar-refractivity contribution in [2.45, 2.75) is 24.2 Å². The molecule has 0 bridgehead atoms. The molecule has 204 valence electrons. The van der Waals surface area contributed by atoms with Crippen molar-refractivity contribution in [3.05, 3.63) is 144 Å². The molecule has 0 saturated carbocycles. The Bertz CT molecular complexity index is 1420. The number of rotatable bonds is 4. The molecule has 4 aromatic rings. The highest BCUT2D eigenvalue weighted by Crippen LogP contribution is 2.44. The zero-order valence-corrected chi connectivity index (χ0v) is 24.2. The van der Waals surface area contributed by atoms with E-state index in [4.69, 9.17) is 4.99 Å². The van der Waals surface area contributed by atoms with E-state index in [2.05, 4.69) is 169 Å². The van der Waals surface area contributed by atoms with Crippen LogP contribution in [0.1, 0.15) is 46.4 Å². The third-order valence-electron chi connectivity index (χ3n) is 8.29. The average molecular weight is 550 g/mol. The van der Waals surface area contributed by atoms with Crippen molar-refractivity contribution in [1.82, 2.24) is 14.7 Å². The lowest BCUT2D eigenvalue weighted by Gasteiger charge is -2.26. The Kier molecular flexibility index (Phi) is 7.95. The maximum atomic E-state index is 5.44. The van der Waals surface area contributed by atoms with Crippen LogP contribution in [0, 0.1) is 0 Å². The number of guanidine groups is 2. The first-order valence-electron chi connectivity index (χ1n) is 13.6. The van der Waals surface area contributed by atoms with Gasteiger partial charge < -0.3 is 22.2 Å². The lowest BCUT2D eigenvalue weighted by atomic mass is 9.93. The zero-order chi connectivity index (χ0) is 26.9. The predicted octanol–water partition coefficient (Wildman–Crippen LogP) is 3.13. The van der Waals surface area contributed by atoms with Gasteiger partial charge in [0.2, 0.25) is 0 Å². The van der Waals surface area contributed by atoms with Crippen LogP contribution < -0.4 is 12.4 Å². The molecule has 0 N–H and O–H groups in total. The van der Waals surface area contributed by atoms with Gasteiger partial charge in [0.1, 0.15) is 12.1 Å². The van der Waals surface area contributed by atoms with Crippen LogP contribution in [-0.4, -0.2) is 59.4 Å². The molecule has 2 aliphatic rings. The maximum Gasteiger partial charge on any atom is 0.393 e. The van der Waals surface area contributed by atoms with Gasteiger partial charge in [-0.05, 0) is 27.2 Å². The molecule has 0 aliphatic carbocycles. The second-order valence-electron chi connectivity index (χ2n) is 10.6. The molecule has 1 saturated heterocycles. The number of likely N-dealkylation sites (N-methyl/N-ethyl adjacent to an activating group) is 4. The highest BCUT2D eigenvalue weighted by atomic mass is 35.5. The van der Waals surface area contributed by atoms with Crippen molar-refractivity contribution >= 4 is 11.9 Å². The third kappa shape index (κ3) is 4.75. The van der Waals surface area contributed by atoms with Gasteiger partial charge in [-0.25, -0.2) is 0 Å². The number of halogens is 1. The minimum atomic E-state index is 0. The fourth-order valence-electron chi connectivity index (χ4n) is 6.47. The van der Waals surface area contributed by atoms with E-state index in [-0.39, 0.29) is 36.6 Å². The first-order chi connectivity index (χ1) is 19.1. The van der Waals surface area contributed by atoms with Gasteiger partial charge in [-0.3, -0.25) is 9.48 Å². The standard InChI is InChI=1S/C34H36N5.ClH/c1-36-29(25-17-9-5-10-18-25)30(26-19-11-6-12-20-26)37(2)33(36)35-34-38(3)31(27-21-13-7-14-22-27)32(39(34)4)28-23-15-8-16-24-28;/h5-24,29-32H,1-4H3;1H/q+1;/p-1/t29-,30?,31-,32?;/m0./s1. The van der Waals surface area contributed by atoms with Crippen molar-refractivity contribution in [1.29, 1.82) is 0 Å². The Hall–Kier alpha value is -4.09. The maximum absolute atomic E-state index is 5.44. The topological polar surface area (TPSA) is 25.1 Å². The summed E-state index contributed by atoms with van der Waals surface area (Å²) in [5, 5.41) is 0. The van der Waals surface area contributed by atoms with Gasteiger partial charge in [0.05, 0.1) is 26.2 Å². The molecule has 1 fully saturated rings. The van der Waals surface area contributed by atoms with Gasteiger partial charge in [-0.2, -0.15) is 0 Å². The van der Waals surface area contributed by atoms with E-state index in [1.165, 1.54) is 22.3 Å². The summed E-state index contributed by atoms with van der Waals surface area (Å²) >= 11 is 0. The molecule has 0 amide bonds. The summed E-state index contributed by atoms with van der Waals surface area (Å²) in [7, 11) is 8.70. The molecule has 0 spiro atoms. The first-order valence-corrected chi connectivity index (χ1v) is 13.6. The predicted molar refractivity (Wildman–Crippen MR) is 159 cm³/mol. The van der Waals surface area contributed by atoms with Gasteiger partial charge in [0, 0.05) is 14.1 Å². The van der Waals surface area contributed by atoms with E-state index < -0.39 is 0 Å². The van der Waals surface area contributed by atoms with Crippen LogP contribution in [0.4, 0.5) is 0 Å². The second-order valence-corrected chi connectivity index (χ2v) is 10.6. The highest BCUT2D eigenvalue weighted by Gasteiger charge is 2.49. The van der Waals surface area contributed by atoms with Crippen molar-refractivity contribution in [2.24, 2.45) is 4.99 Å². The zero-order valence-electron chi connectivity index (χ0n) is 23.5. The van der Waals surface area contributed by atoms with Gasteiger partial charge in [0.25, 0.3) is 5.96 Å². The molecular formula is C34H36ClN5. The summed E-state index contributed by atoms with van der Waals surface area (Å²) in [6.07, 6.45) is 0. The minimum absolute atomic E-state index is 0. The number of hydrogen-bond acceptors (Lipinski definition) is 2. The van der Waals surface area contributed by atoms with Gasteiger partial charge in [-0.1, -0.05) is 121 Å². The normalized spacial score (nSPS) is 23.6. The fraction of sp³-hybridized carbons (Fsp3) is 0.235. The average Bonchev–Trinajstić information content (AvgIpc) is 3.39. The largest absolute Gasteiger partial charge is 1.00 e. The molecule has 5 nitrogen and oxygen atoms in total. The van der Waals surface area contributed by atoms with Crippen LogP contribution >= 0.6 is 0 Å². The van der Waals surface area contributed by atoms with Crippen molar-refractivity contribution < 1.29 is 17.0 Å². The molecular weight excluding hydrogens is 514 g/mol. The Morgan fingerprint density at radius 3 is 1.25 bits per heavy atom. The first kappa shape index (κ1) is 27.5. The van der Waals surface area contributed by atoms with Crippen molar-refractivity contribution in [2.75, 3.05) is 28.2 Å². The fourth-order valence-corrected chi connectivity index (χ4v) is 6.47. The number of nitrogens with zero attached hydrogens (tertiary/aromatic N) is 5. The van der Waals surface area contributed by atoms with Gasteiger partial charge >= 0.3 is 5.96 Å². The van der Waals surface area contributed by atoms with Crippen LogP contribution in [0.5, 0.6) is 0 Å². The number of aliphatic imine (C=N–C) groups is 1. The lowest BCUT2D eigenvalue weighted by molar-refractivity contribution is -0.539. The van der Waals surface area contributed by atoms with Crippen molar-refractivity contribution in [3.63, 3.8) is 0 Å². The summed E-state index contributed by atoms with van der Waals surface area (Å²) in [6, 6.07) is 43.8. The number of hydrogen-bond donors (Lipinski definition) is 0. The van der Waals surface area contributed by atoms with Gasteiger partial charge in [-0.15, -0.1) is 0 Å². The Labute approximate surface area is 244 Å². The minimum Gasteiger partial charge on any atom is -1.00 e. The summed E-state index contributed by atoms with van der Waals surface area (Å²) in [6.45, 7) is 0. The lowest BCUT2D eigenvalue weighted by Crippen LogP contribution is -3.00. The smallest absolute Gasteiger partial charge is 0.393 e. The molecule has 40 heavy (non-hydrogen) atoms. The summed E-state index contributed by atoms with van der Waals surface area (Å²) in [5.41, 5.74) is 5.14. The molecule has 2 unspecified atom stereocenters. The molecule has 6 rings (SSSR count). The van der Waals surface area contributed by atoms with E-state index in [1.54, 1.807) is 0 Å². The van der Waals surface area contributed by atoms with E-state index >= 15 is 0 Å². The molecule has 2 aliphatic heterocycles. The summed E-state index contributed by atoms with van der Waals surface area (Å²) in [5.74, 6) is 1.93. The van der Waals surface area contributed by atoms with Crippen LogP contribution in [-0.2, 0) is 0 Å². The summed E-state index contributed by atoms with van der Waals surface area (Å²) < 4.78 is 2.34. The Morgan fingerprint density at radius 2 is 0.850 bits per heavy atom.